The van der Waals surface area contributed by atoms with Crippen LogP contribution in [0.3, 0.4) is 0 Å². The number of carbonyl (C=O) groups is 1. The number of nitrogens with zero attached hydrogens (tertiary/aromatic N) is 2. The molecule has 2 saturated heterocycles. The number of likely N-dealkylation sites (tertiary alicyclic amines) is 1. The molecule has 1 N–H and O–H groups in total. The standard InChI is InChI=1S/C17H33N3O/c1-6-13(4)16-17(21)20(15(18-16)10-12(2)3)11-14-8-7-9-19(14)5/h12-16,18H,6-11H2,1-5H3. The minimum absolute atomic E-state index is 0.0189. The van der Waals surface area contributed by atoms with Crippen molar-refractivity contribution >= 4 is 5.91 Å². The number of likely N-dealkylation sites (N-methyl/N-ethyl adjacent to an activating group) is 1. The summed E-state index contributed by atoms with van der Waals surface area (Å²) in [5, 5.41) is 3.62. The fraction of sp³-hybridized carbons (Fsp3) is 0.941. The highest BCUT2D eigenvalue weighted by Crippen LogP contribution is 2.25. The highest BCUT2D eigenvalue weighted by molar-refractivity contribution is 5.84. The maximum absolute atomic E-state index is 12.8. The van der Waals surface area contributed by atoms with Crippen molar-refractivity contribution < 1.29 is 4.79 Å². The summed E-state index contributed by atoms with van der Waals surface area (Å²) in [5.74, 6) is 1.35. The average molecular weight is 295 g/mol. The van der Waals surface area contributed by atoms with Crippen LogP contribution in [-0.4, -0.2) is 54.1 Å². The van der Waals surface area contributed by atoms with Crippen molar-refractivity contribution in [3.63, 3.8) is 0 Å². The Morgan fingerprint density at radius 2 is 2.05 bits per heavy atom. The Morgan fingerprint density at radius 3 is 2.57 bits per heavy atom. The van der Waals surface area contributed by atoms with Gasteiger partial charge in [0.25, 0.3) is 0 Å². The fourth-order valence-electron chi connectivity index (χ4n) is 3.64. The van der Waals surface area contributed by atoms with E-state index in [4.69, 9.17) is 0 Å². The molecule has 0 spiro atoms. The second-order valence-corrected chi connectivity index (χ2v) is 7.44. The van der Waals surface area contributed by atoms with Crippen LogP contribution < -0.4 is 5.32 Å². The van der Waals surface area contributed by atoms with Gasteiger partial charge in [-0.2, -0.15) is 0 Å². The molecule has 2 aliphatic heterocycles. The fourth-order valence-corrected chi connectivity index (χ4v) is 3.64. The molecule has 122 valence electrons. The van der Waals surface area contributed by atoms with Crippen LogP contribution in [0.2, 0.25) is 0 Å². The van der Waals surface area contributed by atoms with E-state index in [-0.39, 0.29) is 12.2 Å². The summed E-state index contributed by atoms with van der Waals surface area (Å²) in [7, 11) is 2.19. The van der Waals surface area contributed by atoms with Gasteiger partial charge < -0.3 is 9.80 Å². The minimum atomic E-state index is 0.0189. The molecule has 1 amide bonds. The Hall–Kier alpha value is -0.610. The van der Waals surface area contributed by atoms with Crippen molar-refractivity contribution in [2.24, 2.45) is 11.8 Å². The number of nitrogens with one attached hydrogen (secondary N) is 1. The van der Waals surface area contributed by atoms with E-state index in [1.165, 1.54) is 19.4 Å². The molecule has 4 nitrogen and oxygen atoms in total. The Bertz CT molecular complexity index is 358. The number of carbonyl (C=O) groups excluding carboxylic acids is 1. The third-order valence-corrected chi connectivity index (χ3v) is 5.28. The average Bonchev–Trinajstić information content (AvgIpc) is 2.96. The molecule has 4 heteroatoms. The second-order valence-electron chi connectivity index (χ2n) is 7.44. The van der Waals surface area contributed by atoms with Gasteiger partial charge in [0.15, 0.2) is 0 Å². The quantitative estimate of drug-likeness (QED) is 0.817. The summed E-state index contributed by atoms with van der Waals surface area (Å²) < 4.78 is 0. The van der Waals surface area contributed by atoms with Crippen molar-refractivity contribution in [2.45, 2.75) is 71.6 Å². The molecule has 2 fully saturated rings. The lowest BCUT2D eigenvalue weighted by Crippen LogP contribution is -2.45. The SMILES string of the molecule is CCC(C)C1NC(CC(C)C)N(CC2CCCN2C)C1=O. The number of amides is 1. The molecule has 21 heavy (non-hydrogen) atoms. The maximum atomic E-state index is 12.8. The monoisotopic (exact) mass is 295 g/mol. The molecule has 0 bridgehead atoms. The van der Waals surface area contributed by atoms with Gasteiger partial charge in [0, 0.05) is 12.6 Å². The van der Waals surface area contributed by atoms with Crippen molar-refractivity contribution in [1.29, 1.82) is 0 Å². The first-order valence-corrected chi connectivity index (χ1v) is 8.70. The summed E-state index contributed by atoms with van der Waals surface area (Å²) in [6.45, 7) is 10.9. The smallest absolute Gasteiger partial charge is 0.241 e. The predicted octanol–water partition coefficient (Wildman–Crippen LogP) is 2.30. The molecule has 2 heterocycles. The third kappa shape index (κ3) is 3.78. The van der Waals surface area contributed by atoms with Crippen LogP contribution in [0.15, 0.2) is 0 Å². The molecule has 2 rings (SSSR count). The van der Waals surface area contributed by atoms with Crippen molar-refractivity contribution in [1.82, 2.24) is 15.1 Å². The zero-order chi connectivity index (χ0) is 15.6. The van der Waals surface area contributed by atoms with Crippen LogP contribution in [0.4, 0.5) is 0 Å². The van der Waals surface area contributed by atoms with Crippen LogP contribution in [0, 0.1) is 11.8 Å². The van der Waals surface area contributed by atoms with Crippen LogP contribution in [0.25, 0.3) is 0 Å². The summed E-state index contributed by atoms with van der Waals surface area (Å²) in [6.07, 6.45) is 4.82. The normalized spacial score (nSPS) is 32.4. The molecule has 0 saturated carbocycles. The van der Waals surface area contributed by atoms with E-state index in [0.29, 0.717) is 23.8 Å². The number of hydrogen-bond donors (Lipinski definition) is 1. The van der Waals surface area contributed by atoms with Crippen LogP contribution >= 0.6 is 0 Å². The van der Waals surface area contributed by atoms with Gasteiger partial charge >= 0.3 is 0 Å². The molecule has 2 aliphatic rings. The van der Waals surface area contributed by atoms with Crippen LogP contribution in [0.5, 0.6) is 0 Å². The van der Waals surface area contributed by atoms with Gasteiger partial charge in [-0.05, 0) is 44.7 Å². The van der Waals surface area contributed by atoms with Gasteiger partial charge in [-0.1, -0.05) is 34.1 Å². The minimum Gasteiger partial charge on any atom is -0.324 e. The Balaban J connectivity index is 2.07. The van der Waals surface area contributed by atoms with Crippen LogP contribution in [0.1, 0.15) is 53.4 Å². The first kappa shape index (κ1) is 16.8. The topological polar surface area (TPSA) is 35.6 Å². The van der Waals surface area contributed by atoms with Gasteiger partial charge in [0.1, 0.15) is 0 Å². The second kappa shape index (κ2) is 7.10. The first-order valence-electron chi connectivity index (χ1n) is 8.70. The number of rotatable bonds is 6. The summed E-state index contributed by atoms with van der Waals surface area (Å²) in [5.41, 5.74) is 0. The van der Waals surface area contributed by atoms with Gasteiger partial charge in [-0.3, -0.25) is 10.1 Å². The molecule has 0 aromatic carbocycles. The molecule has 0 aromatic rings. The maximum Gasteiger partial charge on any atom is 0.241 e. The lowest BCUT2D eigenvalue weighted by atomic mass is 9.99. The molecule has 4 atom stereocenters. The molecule has 0 radical (unpaired) electrons. The van der Waals surface area contributed by atoms with Crippen molar-refractivity contribution in [3.8, 4) is 0 Å². The van der Waals surface area contributed by atoms with Gasteiger partial charge in [-0.25, -0.2) is 0 Å². The van der Waals surface area contributed by atoms with Crippen molar-refractivity contribution in [3.05, 3.63) is 0 Å². The Kier molecular flexibility index (Phi) is 5.67. The zero-order valence-electron chi connectivity index (χ0n) is 14.4. The largest absolute Gasteiger partial charge is 0.324 e. The van der Waals surface area contributed by atoms with E-state index in [1.807, 2.05) is 0 Å². The molecule has 0 aromatic heterocycles. The zero-order valence-corrected chi connectivity index (χ0v) is 14.4. The summed E-state index contributed by atoms with van der Waals surface area (Å²) in [6, 6.07) is 0.562. The lowest BCUT2D eigenvalue weighted by molar-refractivity contribution is -0.131. The van der Waals surface area contributed by atoms with E-state index in [9.17, 15) is 4.79 Å². The highest BCUT2D eigenvalue weighted by atomic mass is 16.2. The molecular weight excluding hydrogens is 262 g/mol. The molecule has 4 unspecified atom stereocenters. The summed E-state index contributed by atoms with van der Waals surface area (Å²) >= 11 is 0. The van der Waals surface area contributed by atoms with Crippen LogP contribution in [-0.2, 0) is 4.79 Å². The predicted molar refractivity (Wildman–Crippen MR) is 87.0 cm³/mol. The van der Waals surface area contributed by atoms with Crippen molar-refractivity contribution in [2.75, 3.05) is 20.1 Å². The van der Waals surface area contributed by atoms with E-state index in [2.05, 4.69) is 49.9 Å². The Labute approximate surface area is 130 Å². The van der Waals surface area contributed by atoms with E-state index >= 15 is 0 Å². The molecule has 0 aliphatic carbocycles. The number of hydrogen-bond acceptors (Lipinski definition) is 3. The Morgan fingerprint density at radius 1 is 1.33 bits per heavy atom. The van der Waals surface area contributed by atoms with E-state index < -0.39 is 0 Å². The van der Waals surface area contributed by atoms with E-state index in [0.717, 1.165) is 19.4 Å². The van der Waals surface area contributed by atoms with Gasteiger partial charge in [0.05, 0.1) is 12.2 Å². The van der Waals surface area contributed by atoms with E-state index in [1.54, 1.807) is 0 Å². The first-order chi connectivity index (χ1) is 9.93. The lowest BCUT2D eigenvalue weighted by Gasteiger charge is -2.30. The third-order valence-electron chi connectivity index (χ3n) is 5.28. The van der Waals surface area contributed by atoms with Gasteiger partial charge in [0.2, 0.25) is 5.91 Å². The highest BCUT2D eigenvalue weighted by Gasteiger charge is 2.42. The molecular formula is C17H33N3O. The van der Waals surface area contributed by atoms with Gasteiger partial charge in [-0.15, -0.1) is 0 Å². The summed E-state index contributed by atoms with van der Waals surface area (Å²) in [4.78, 5) is 17.4.